The second kappa shape index (κ2) is 6.10. The Morgan fingerprint density at radius 3 is 2.94 bits per heavy atom. The van der Waals surface area contributed by atoms with E-state index in [4.69, 9.17) is 10.5 Å². The van der Waals surface area contributed by atoms with Crippen LogP contribution in [0.5, 0.6) is 5.75 Å². The van der Waals surface area contributed by atoms with Gasteiger partial charge in [-0.25, -0.2) is 0 Å². The molecule has 3 heteroatoms. The van der Waals surface area contributed by atoms with Crippen molar-refractivity contribution in [2.45, 2.75) is 26.7 Å². The first kappa shape index (κ1) is 13.2. The van der Waals surface area contributed by atoms with Crippen molar-refractivity contribution >= 4 is 5.69 Å². The van der Waals surface area contributed by atoms with Crippen molar-refractivity contribution in [1.29, 1.82) is 0 Å². The molecule has 18 heavy (non-hydrogen) atoms. The monoisotopic (exact) mass is 248 g/mol. The molecule has 0 saturated carbocycles. The summed E-state index contributed by atoms with van der Waals surface area (Å²) in [5.74, 6) is 1.70. The van der Waals surface area contributed by atoms with Gasteiger partial charge >= 0.3 is 0 Å². The van der Waals surface area contributed by atoms with Crippen LogP contribution in [0, 0.1) is 5.92 Å². The minimum atomic E-state index is 0.670. The number of hydrogen-bond donors (Lipinski definition) is 1. The fourth-order valence-electron chi connectivity index (χ4n) is 2.41. The van der Waals surface area contributed by atoms with Crippen LogP contribution in [-0.4, -0.2) is 26.2 Å². The van der Waals surface area contributed by atoms with Crippen LogP contribution in [0.15, 0.2) is 18.2 Å². The zero-order valence-corrected chi connectivity index (χ0v) is 11.5. The molecule has 1 aromatic rings. The van der Waals surface area contributed by atoms with Crippen molar-refractivity contribution < 1.29 is 4.74 Å². The van der Waals surface area contributed by atoms with E-state index in [1.165, 1.54) is 11.3 Å². The Morgan fingerprint density at radius 2 is 2.22 bits per heavy atom. The number of hydrogen-bond acceptors (Lipinski definition) is 3. The van der Waals surface area contributed by atoms with Gasteiger partial charge in [-0.3, -0.25) is 0 Å². The summed E-state index contributed by atoms with van der Waals surface area (Å²) in [5, 5.41) is 0. The topological polar surface area (TPSA) is 38.5 Å². The summed E-state index contributed by atoms with van der Waals surface area (Å²) < 4.78 is 5.73. The largest absolute Gasteiger partial charge is 0.490 e. The normalized spacial score (nSPS) is 14.6. The SMILES string of the molecule is CC(C)CN1CCOc2ccc(CCCN)cc21. The highest BCUT2D eigenvalue weighted by Crippen LogP contribution is 2.33. The van der Waals surface area contributed by atoms with Crippen molar-refractivity contribution in [3.05, 3.63) is 23.8 Å². The number of nitrogens with two attached hydrogens (primary N) is 1. The molecule has 100 valence electrons. The number of ether oxygens (including phenoxy) is 1. The first-order chi connectivity index (χ1) is 8.70. The molecular formula is C15H24N2O. The molecule has 2 N–H and O–H groups in total. The maximum atomic E-state index is 5.73. The molecular weight excluding hydrogens is 224 g/mol. The summed E-state index contributed by atoms with van der Waals surface area (Å²) in [4.78, 5) is 2.44. The molecule has 1 aromatic carbocycles. The van der Waals surface area contributed by atoms with E-state index >= 15 is 0 Å². The zero-order valence-electron chi connectivity index (χ0n) is 11.5. The Balaban J connectivity index is 2.18. The maximum absolute atomic E-state index is 5.73. The number of benzene rings is 1. The highest BCUT2D eigenvalue weighted by atomic mass is 16.5. The standard InChI is InChI=1S/C15H24N2O/c1-12(2)11-17-8-9-18-15-6-5-13(4-3-7-16)10-14(15)17/h5-6,10,12H,3-4,7-9,11,16H2,1-2H3. The molecule has 0 aliphatic carbocycles. The molecule has 1 aliphatic heterocycles. The van der Waals surface area contributed by atoms with Crippen molar-refractivity contribution in [3.63, 3.8) is 0 Å². The summed E-state index contributed by atoms with van der Waals surface area (Å²) >= 11 is 0. The first-order valence-electron chi connectivity index (χ1n) is 6.91. The molecule has 0 fully saturated rings. The van der Waals surface area contributed by atoms with Gasteiger partial charge < -0.3 is 15.4 Å². The molecule has 0 atom stereocenters. The Morgan fingerprint density at radius 1 is 1.39 bits per heavy atom. The Labute approximate surface area is 110 Å². The fraction of sp³-hybridized carbons (Fsp3) is 0.600. The highest BCUT2D eigenvalue weighted by Gasteiger charge is 2.18. The van der Waals surface area contributed by atoms with Gasteiger partial charge in [0.15, 0.2) is 0 Å². The van der Waals surface area contributed by atoms with Gasteiger partial charge in [0.05, 0.1) is 12.2 Å². The summed E-state index contributed by atoms with van der Waals surface area (Å²) in [6.45, 7) is 8.15. The number of nitrogens with zero attached hydrogens (tertiary/aromatic N) is 1. The van der Waals surface area contributed by atoms with Crippen LogP contribution in [-0.2, 0) is 6.42 Å². The highest BCUT2D eigenvalue weighted by molar-refractivity contribution is 5.61. The van der Waals surface area contributed by atoms with Crippen molar-refractivity contribution in [2.24, 2.45) is 11.7 Å². The van der Waals surface area contributed by atoms with Crippen LogP contribution in [0.3, 0.4) is 0 Å². The van der Waals surface area contributed by atoms with Gasteiger partial charge in [-0.05, 0) is 43.0 Å². The third kappa shape index (κ3) is 3.16. The van der Waals surface area contributed by atoms with Crippen molar-refractivity contribution in [2.75, 3.05) is 31.1 Å². The van der Waals surface area contributed by atoms with E-state index in [2.05, 4.69) is 36.9 Å². The van der Waals surface area contributed by atoms with E-state index in [0.717, 1.165) is 44.8 Å². The third-order valence-corrected chi connectivity index (χ3v) is 3.24. The summed E-state index contributed by atoms with van der Waals surface area (Å²) in [7, 11) is 0. The third-order valence-electron chi connectivity index (χ3n) is 3.24. The van der Waals surface area contributed by atoms with Crippen molar-refractivity contribution in [1.82, 2.24) is 0 Å². The van der Waals surface area contributed by atoms with Gasteiger partial charge in [0.25, 0.3) is 0 Å². The van der Waals surface area contributed by atoms with E-state index in [1.54, 1.807) is 0 Å². The Kier molecular flexibility index (Phi) is 4.48. The molecule has 0 bridgehead atoms. The second-order valence-electron chi connectivity index (χ2n) is 5.38. The lowest BCUT2D eigenvalue weighted by molar-refractivity contribution is 0.304. The molecule has 1 heterocycles. The smallest absolute Gasteiger partial charge is 0.142 e. The summed E-state index contributed by atoms with van der Waals surface area (Å²) in [6, 6.07) is 6.54. The van der Waals surface area contributed by atoms with Gasteiger partial charge in [0, 0.05) is 6.54 Å². The zero-order chi connectivity index (χ0) is 13.0. The number of anilines is 1. The molecule has 0 amide bonds. The Bertz CT molecular complexity index is 390. The van der Waals surface area contributed by atoms with Crippen LogP contribution in [0.1, 0.15) is 25.8 Å². The molecule has 0 aromatic heterocycles. The molecule has 2 rings (SSSR count). The van der Waals surface area contributed by atoms with Gasteiger partial charge in [-0.2, -0.15) is 0 Å². The quantitative estimate of drug-likeness (QED) is 0.869. The second-order valence-corrected chi connectivity index (χ2v) is 5.38. The average molecular weight is 248 g/mol. The first-order valence-corrected chi connectivity index (χ1v) is 6.91. The van der Waals surface area contributed by atoms with E-state index in [-0.39, 0.29) is 0 Å². The van der Waals surface area contributed by atoms with E-state index < -0.39 is 0 Å². The molecule has 0 unspecified atom stereocenters. The minimum absolute atomic E-state index is 0.670. The predicted molar refractivity (Wildman–Crippen MR) is 76.4 cm³/mol. The van der Waals surface area contributed by atoms with E-state index in [0.29, 0.717) is 5.92 Å². The summed E-state index contributed by atoms with van der Waals surface area (Å²) in [6.07, 6.45) is 2.10. The van der Waals surface area contributed by atoms with Crippen molar-refractivity contribution in [3.8, 4) is 5.75 Å². The fourth-order valence-corrected chi connectivity index (χ4v) is 2.41. The van der Waals surface area contributed by atoms with E-state index in [1.807, 2.05) is 0 Å². The number of rotatable bonds is 5. The van der Waals surface area contributed by atoms with E-state index in [9.17, 15) is 0 Å². The maximum Gasteiger partial charge on any atom is 0.142 e. The van der Waals surface area contributed by atoms with Gasteiger partial charge in [-0.1, -0.05) is 19.9 Å². The Hall–Kier alpha value is -1.22. The predicted octanol–water partition coefficient (Wildman–Crippen LogP) is 2.43. The van der Waals surface area contributed by atoms with Crippen LogP contribution in [0.4, 0.5) is 5.69 Å². The lowest BCUT2D eigenvalue weighted by Gasteiger charge is -2.33. The molecule has 3 nitrogen and oxygen atoms in total. The van der Waals surface area contributed by atoms with Crippen LogP contribution >= 0.6 is 0 Å². The van der Waals surface area contributed by atoms with Gasteiger partial charge in [0.1, 0.15) is 12.4 Å². The lowest BCUT2D eigenvalue weighted by atomic mass is 10.1. The number of fused-ring (bicyclic) bond motifs is 1. The summed E-state index contributed by atoms with van der Waals surface area (Å²) in [5.41, 5.74) is 8.19. The molecule has 1 aliphatic rings. The molecule has 0 saturated heterocycles. The minimum Gasteiger partial charge on any atom is -0.490 e. The van der Waals surface area contributed by atoms with Crippen LogP contribution < -0.4 is 15.4 Å². The molecule has 0 radical (unpaired) electrons. The van der Waals surface area contributed by atoms with Crippen LogP contribution in [0.25, 0.3) is 0 Å². The molecule has 0 spiro atoms. The lowest BCUT2D eigenvalue weighted by Crippen LogP contribution is -2.35. The number of aryl methyl sites for hydroxylation is 1. The van der Waals surface area contributed by atoms with Gasteiger partial charge in [0.2, 0.25) is 0 Å². The van der Waals surface area contributed by atoms with Crippen LogP contribution in [0.2, 0.25) is 0 Å². The van der Waals surface area contributed by atoms with Gasteiger partial charge in [-0.15, -0.1) is 0 Å². The average Bonchev–Trinajstić information content (AvgIpc) is 2.36.